The van der Waals surface area contributed by atoms with Gasteiger partial charge in [-0.25, -0.2) is 14.5 Å². The average molecular weight is 1680 g/mol. The van der Waals surface area contributed by atoms with Crippen molar-refractivity contribution in [2.45, 2.75) is 136 Å². The van der Waals surface area contributed by atoms with E-state index in [-0.39, 0.29) is 0 Å². The van der Waals surface area contributed by atoms with E-state index in [0.717, 1.165) is 153 Å². The minimum atomic E-state index is 0.557. The number of nitrogens with zero attached hydrogens (tertiary/aromatic N) is 8. The Kier molecular flexibility index (Phi) is 23.0. The lowest BCUT2D eigenvalue weighted by atomic mass is 9.92. The van der Waals surface area contributed by atoms with Gasteiger partial charge in [0.25, 0.3) is 0 Å². The van der Waals surface area contributed by atoms with Crippen LogP contribution in [0.1, 0.15) is 128 Å². The van der Waals surface area contributed by atoms with E-state index >= 15 is 0 Å². The van der Waals surface area contributed by atoms with Crippen LogP contribution < -0.4 is 18.3 Å². The van der Waals surface area contributed by atoms with Crippen molar-refractivity contribution < 1.29 is 35.9 Å². The molecule has 0 spiro atoms. The molecule has 8 heterocycles. The number of benzene rings is 12. The second kappa shape index (κ2) is 34.4. The highest BCUT2D eigenvalue weighted by Crippen LogP contribution is 2.47. The number of fused-ring (bicyclic) bond motifs is 16. The lowest BCUT2D eigenvalue weighted by Gasteiger charge is -2.14. The van der Waals surface area contributed by atoms with Gasteiger partial charge in [0.15, 0.2) is 11.4 Å². The van der Waals surface area contributed by atoms with Gasteiger partial charge in [-0.2, -0.15) is 23.5 Å². The molecular weight excluding hydrogens is 1570 g/mol. The minimum Gasteiger partial charge on any atom is -0.466 e. The number of aryl methyl sites for hydroxylation is 8. The van der Waals surface area contributed by atoms with Crippen LogP contribution in [0.5, 0.6) is 0 Å². The third kappa shape index (κ3) is 15.2. The van der Waals surface area contributed by atoms with Gasteiger partial charge in [0.05, 0.1) is 53.6 Å². The Morgan fingerprint density at radius 3 is 1.03 bits per heavy atom. The monoisotopic (exact) mass is 1680 g/mol. The van der Waals surface area contributed by atoms with Crippen molar-refractivity contribution >= 4 is 148 Å². The first-order valence-electron chi connectivity index (χ1n) is 44.6. The van der Waals surface area contributed by atoms with Crippen LogP contribution in [0.15, 0.2) is 236 Å². The molecule has 0 atom stereocenters. The highest BCUT2D eigenvalue weighted by Gasteiger charge is 2.32. The topological polar surface area (TPSA) is 105 Å². The van der Waals surface area contributed by atoms with E-state index in [9.17, 15) is 5.26 Å². The molecule has 128 heavy (non-hydrogen) atoms. The van der Waals surface area contributed by atoms with Crippen molar-refractivity contribution in [1.82, 2.24) is 0 Å². The predicted octanol–water partition coefficient (Wildman–Crippen LogP) is 29.7. The van der Waals surface area contributed by atoms with E-state index < -0.39 is 0 Å². The first-order valence-corrected chi connectivity index (χ1v) is 44.6. The maximum absolute atomic E-state index is 9.71. The van der Waals surface area contributed by atoms with Crippen molar-refractivity contribution in [1.29, 1.82) is 5.26 Å². The zero-order valence-corrected chi connectivity index (χ0v) is 77.1. The lowest BCUT2D eigenvalue weighted by Crippen LogP contribution is -2.33. The van der Waals surface area contributed by atoms with E-state index in [0.29, 0.717) is 51.9 Å². The smallest absolute Gasteiger partial charge is 0.229 e. The first-order chi connectivity index (χ1) is 61.6. The Bertz CT molecular complexity index is 7930. The Hall–Kier alpha value is -14.6. The highest BCUT2D eigenvalue weighted by atomic mass is 16.3. The van der Waals surface area contributed by atoms with E-state index in [1.165, 1.54) is 110 Å². The summed E-state index contributed by atoms with van der Waals surface area (Å²) < 4.78 is 34.9. The first kappa shape index (κ1) is 85.6. The van der Waals surface area contributed by atoms with Crippen molar-refractivity contribution in [3.05, 3.63) is 325 Å². The van der Waals surface area contributed by atoms with Gasteiger partial charge >= 0.3 is 0 Å². The quantitative estimate of drug-likeness (QED) is 0.0895. The van der Waals surface area contributed by atoms with Gasteiger partial charge in [0.2, 0.25) is 50.5 Å². The molecule has 0 N–H and O–H groups in total. The number of hydrogen-bond acceptors (Lipinski definition) is 5. The summed E-state index contributed by atoms with van der Waals surface area (Å²) in [5, 5.41) is 23.1. The molecule has 0 saturated heterocycles. The number of furan rings is 4. The van der Waals surface area contributed by atoms with Gasteiger partial charge < -0.3 is 17.7 Å². The zero-order chi connectivity index (χ0) is 90.3. The van der Waals surface area contributed by atoms with Crippen LogP contribution >= 0.6 is 0 Å². The third-order valence-corrected chi connectivity index (χ3v) is 26.3. The molecule has 0 aliphatic rings. The van der Waals surface area contributed by atoms with Gasteiger partial charge in [-0.05, 0) is 250 Å². The van der Waals surface area contributed by atoms with Gasteiger partial charge in [0, 0.05) is 113 Å². The SMILES string of the molecule is Cc1cc2c(oc3cccc(C#N)c32)c(-c2cc(CC(C)C)c3ccccc3[n+]2C)c1C.[C-]#[N+]c1ccc2c(c1)oc1c(-c3cc(CC(C)C)c4ccccc4[n+]3C)c(C)c(C)cc12.[C-]#[N+]c1ccc2oc3c(-c4cc(CC(C)C)c5ccccc5[n+]4C)c(C)c(C)cc3c2c1.[C-]#[N+]c1cccc2c1oc1c(-c3cc(CC(C)C)c4ccccc4[n+]3C)c(C)c(C)cc12. The van der Waals surface area contributed by atoms with Crippen molar-refractivity contribution in [3.63, 3.8) is 0 Å². The summed E-state index contributed by atoms with van der Waals surface area (Å²) in [6, 6.07) is 78.0. The second-order valence-electron chi connectivity index (χ2n) is 36.7. The number of nitriles is 1. The minimum absolute atomic E-state index is 0.557. The van der Waals surface area contributed by atoms with Gasteiger partial charge in [0.1, 0.15) is 72.9 Å². The van der Waals surface area contributed by atoms with Crippen molar-refractivity contribution in [2.75, 3.05) is 0 Å². The average Bonchev–Trinajstić information content (AvgIpc) is 1.56. The van der Waals surface area contributed by atoms with E-state index in [2.05, 4.69) is 330 Å². The number of hydrogen-bond donors (Lipinski definition) is 0. The number of pyridine rings is 4. The molecule has 0 amide bonds. The van der Waals surface area contributed by atoms with E-state index in [4.69, 9.17) is 37.4 Å². The maximum Gasteiger partial charge on any atom is 0.229 e. The van der Waals surface area contributed by atoms with Crippen LogP contribution in [-0.2, 0) is 53.9 Å². The van der Waals surface area contributed by atoms with Gasteiger partial charge in [-0.1, -0.05) is 146 Å². The fourth-order valence-electron chi connectivity index (χ4n) is 19.6. The second-order valence-corrected chi connectivity index (χ2v) is 36.7. The van der Waals surface area contributed by atoms with E-state index in [1.807, 2.05) is 66.7 Å². The van der Waals surface area contributed by atoms with Gasteiger partial charge in [-0.3, -0.25) is 0 Å². The molecule has 0 unspecified atom stereocenters. The number of rotatable bonds is 12. The molecule has 0 bridgehead atoms. The standard InChI is InChI=1S/4C29H27N2O/c1-17(2)14-20-16-26(31(6)25-13-8-7-10-21(20)25)27-19(4)18(3)15-23-22-11-9-12-24(30-5)28(22)32-29(23)27;1-17(2)13-20-15-26(31(6)25-10-8-7-9-22(20)25)28-19(4)18(3)14-24-23-16-21(30-5)11-12-27(23)32-29(24)28;1-17(2)13-20-15-26(31(6)25-10-8-7-9-22(20)25)28-19(4)18(3)14-24-23-12-11-21(30-5)16-27(23)32-29(24)28;1-17(2)13-21-15-25(31(5)24-11-7-6-10-22(21)24)27-19(4)18(3)14-23-28-20(16-30)9-8-12-26(28)32-29(23)27/h7-13,15-17H,14H2,1-4,6H3;2*7-12,14-17H,13H2,1-4,6H3;6-12,14-15,17H,13H2,1-5H3/q4*+1. The van der Waals surface area contributed by atoms with Crippen LogP contribution in [-0.4, -0.2) is 0 Å². The summed E-state index contributed by atoms with van der Waals surface area (Å²) in [7, 11) is 8.56. The van der Waals surface area contributed by atoms with Crippen LogP contribution in [0.3, 0.4) is 0 Å². The molecule has 0 radical (unpaired) electrons. The molecule has 0 fully saturated rings. The van der Waals surface area contributed by atoms with Crippen LogP contribution in [0.2, 0.25) is 0 Å². The Labute approximate surface area is 749 Å². The third-order valence-electron chi connectivity index (χ3n) is 26.3. The Morgan fingerprint density at radius 1 is 0.297 bits per heavy atom. The molecule has 0 aliphatic carbocycles. The molecule has 0 saturated carbocycles. The molecule has 12 aromatic carbocycles. The summed E-state index contributed by atoms with van der Waals surface area (Å²) in [4.78, 5) is 10.9. The van der Waals surface area contributed by atoms with Crippen LogP contribution in [0.25, 0.3) is 191 Å². The fraction of sp³-hybridized carbons (Fsp3) is 0.241. The normalized spacial score (nSPS) is 11.7. The summed E-state index contributed by atoms with van der Waals surface area (Å²) in [6.45, 7) is 57.8. The predicted molar refractivity (Wildman–Crippen MR) is 527 cm³/mol. The van der Waals surface area contributed by atoms with Crippen LogP contribution in [0.4, 0.5) is 17.1 Å². The fourth-order valence-corrected chi connectivity index (χ4v) is 19.6. The summed E-state index contributed by atoms with van der Waals surface area (Å²) in [5.41, 5.74) is 38.2. The molecule has 20 rings (SSSR count). The summed E-state index contributed by atoms with van der Waals surface area (Å²) >= 11 is 0. The molecule has 12 nitrogen and oxygen atoms in total. The van der Waals surface area contributed by atoms with Crippen molar-refractivity contribution in [2.24, 2.45) is 51.9 Å². The highest BCUT2D eigenvalue weighted by molar-refractivity contribution is 6.16. The van der Waals surface area contributed by atoms with E-state index in [1.54, 1.807) is 0 Å². The summed E-state index contributed by atoms with van der Waals surface area (Å²) in [5.74, 6) is 2.25. The Balaban J connectivity index is 0.000000120. The molecule has 0 aliphatic heterocycles. The maximum atomic E-state index is 9.71. The molecule has 12 heteroatoms. The van der Waals surface area contributed by atoms with Gasteiger partial charge in [-0.15, -0.1) is 0 Å². The number of para-hydroxylation sites is 5. The molecule has 632 valence electrons. The largest absolute Gasteiger partial charge is 0.466 e. The van der Waals surface area contributed by atoms with Crippen LogP contribution in [0, 0.1) is 110 Å². The Morgan fingerprint density at radius 2 is 0.633 bits per heavy atom. The molecular formula is C116H108N8O4+4. The van der Waals surface area contributed by atoms with Crippen molar-refractivity contribution in [3.8, 4) is 51.1 Å². The molecule has 8 aromatic heterocycles. The summed E-state index contributed by atoms with van der Waals surface area (Å²) in [6.07, 6.45) is 4.08. The zero-order valence-electron chi connectivity index (χ0n) is 77.1. The molecule has 20 aromatic rings. The number of aromatic nitrogens is 4. The lowest BCUT2D eigenvalue weighted by molar-refractivity contribution is -0.633.